The summed E-state index contributed by atoms with van der Waals surface area (Å²) in [6, 6.07) is 5.82. The first-order valence-electron chi connectivity index (χ1n) is 8.15. The highest BCUT2D eigenvalue weighted by atomic mass is 19.1. The Morgan fingerprint density at radius 2 is 2.04 bits per heavy atom. The maximum Gasteiger partial charge on any atom is 0.317 e. The third-order valence-electron chi connectivity index (χ3n) is 4.19. The van der Waals surface area contributed by atoms with Crippen LogP contribution in [0.3, 0.4) is 0 Å². The zero-order valence-electron chi connectivity index (χ0n) is 13.5. The van der Waals surface area contributed by atoms with Gasteiger partial charge in [0.2, 0.25) is 0 Å². The molecule has 1 atom stereocenters. The maximum atomic E-state index is 12.7. The molecule has 6 heteroatoms. The highest BCUT2D eigenvalue weighted by molar-refractivity contribution is 5.74. The number of amides is 2. The number of urea groups is 1. The average molecular weight is 324 g/mol. The lowest BCUT2D eigenvalue weighted by atomic mass is 9.92. The number of nitrogens with one attached hydrogen (secondary N) is 1. The summed E-state index contributed by atoms with van der Waals surface area (Å²) < 4.78 is 18.2. The first-order chi connectivity index (χ1) is 11.1. The third-order valence-corrected chi connectivity index (χ3v) is 4.19. The van der Waals surface area contributed by atoms with Gasteiger partial charge in [-0.1, -0.05) is 0 Å². The van der Waals surface area contributed by atoms with Crippen LogP contribution in [0.4, 0.5) is 9.18 Å². The first kappa shape index (κ1) is 17.5. The molecule has 0 aromatic heterocycles. The van der Waals surface area contributed by atoms with E-state index in [9.17, 15) is 14.3 Å². The smallest absolute Gasteiger partial charge is 0.317 e. The SMILES string of the molecule is CC(O)C1CCN(C(=O)NCCCOc2ccc(F)cc2)CC1. The monoisotopic (exact) mass is 324 g/mol. The molecule has 1 aliphatic rings. The lowest BCUT2D eigenvalue weighted by Gasteiger charge is -2.33. The van der Waals surface area contributed by atoms with Gasteiger partial charge in [0.25, 0.3) is 0 Å². The number of nitrogens with zero attached hydrogens (tertiary/aromatic N) is 1. The van der Waals surface area contributed by atoms with E-state index in [0.29, 0.717) is 44.3 Å². The molecular formula is C17H25FN2O3. The van der Waals surface area contributed by atoms with E-state index < -0.39 is 0 Å². The third kappa shape index (κ3) is 5.71. The first-order valence-corrected chi connectivity index (χ1v) is 8.15. The predicted octanol–water partition coefficient (Wildman–Crippen LogP) is 2.40. The molecule has 2 rings (SSSR count). The van der Waals surface area contributed by atoms with E-state index in [4.69, 9.17) is 4.74 Å². The summed E-state index contributed by atoms with van der Waals surface area (Å²) in [5, 5.41) is 12.4. The van der Waals surface area contributed by atoms with Gasteiger partial charge >= 0.3 is 6.03 Å². The van der Waals surface area contributed by atoms with Gasteiger partial charge in [-0.2, -0.15) is 0 Å². The van der Waals surface area contributed by atoms with Crippen molar-refractivity contribution in [1.29, 1.82) is 0 Å². The van der Waals surface area contributed by atoms with E-state index in [1.807, 2.05) is 6.92 Å². The Morgan fingerprint density at radius 1 is 1.39 bits per heavy atom. The molecule has 0 aliphatic carbocycles. The minimum absolute atomic E-state index is 0.0594. The topological polar surface area (TPSA) is 61.8 Å². The maximum absolute atomic E-state index is 12.7. The summed E-state index contributed by atoms with van der Waals surface area (Å²) in [6.45, 7) is 4.19. The molecule has 1 unspecified atom stereocenters. The standard InChI is InChI=1S/C17H25FN2O3/c1-13(21)14-7-10-20(11-8-14)17(22)19-9-2-12-23-16-5-3-15(18)4-6-16/h3-6,13-14,21H,2,7-12H2,1H3,(H,19,22). The van der Waals surface area contributed by atoms with Gasteiger partial charge in [-0.25, -0.2) is 9.18 Å². The zero-order valence-corrected chi connectivity index (χ0v) is 13.5. The van der Waals surface area contributed by atoms with Crippen molar-refractivity contribution in [1.82, 2.24) is 10.2 Å². The van der Waals surface area contributed by atoms with E-state index in [1.54, 1.807) is 17.0 Å². The van der Waals surface area contributed by atoms with Gasteiger partial charge in [-0.3, -0.25) is 0 Å². The van der Waals surface area contributed by atoms with Crippen molar-refractivity contribution >= 4 is 6.03 Å². The van der Waals surface area contributed by atoms with Crippen LogP contribution in [-0.4, -0.2) is 48.4 Å². The molecule has 128 valence electrons. The highest BCUT2D eigenvalue weighted by Crippen LogP contribution is 2.20. The number of carbonyl (C=O) groups excluding carboxylic acids is 1. The van der Waals surface area contributed by atoms with Gasteiger partial charge in [0.1, 0.15) is 11.6 Å². The quantitative estimate of drug-likeness (QED) is 0.790. The second kappa shape index (κ2) is 8.72. The molecule has 23 heavy (non-hydrogen) atoms. The summed E-state index contributed by atoms with van der Waals surface area (Å²) in [5.74, 6) is 0.630. The predicted molar refractivity (Wildman–Crippen MR) is 85.9 cm³/mol. The van der Waals surface area contributed by atoms with Crippen LogP contribution in [0.5, 0.6) is 5.75 Å². The fourth-order valence-electron chi connectivity index (χ4n) is 2.69. The summed E-state index contributed by atoms with van der Waals surface area (Å²) >= 11 is 0. The molecule has 0 saturated carbocycles. The Morgan fingerprint density at radius 3 is 2.65 bits per heavy atom. The number of aliphatic hydroxyl groups excluding tert-OH is 1. The van der Waals surface area contributed by atoms with Crippen molar-refractivity contribution < 1.29 is 19.0 Å². The Labute approximate surface area is 136 Å². The van der Waals surface area contributed by atoms with Crippen molar-refractivity contribution in [2.75, 3.05) is 26.2 Å². The van der Waals surface area contributed by atoms with Crippen LogP contribution in [0.25, 0.3) is 0 Å². The molecule has 1 aromatic rings. The normalized spacial score (nSPS) is 16.9. The lowest BCUT2D eigenvalue weighted by Crippen LogP contribution is -2.46. The Balaban J connectivity index is 1.57. The number of halogens is 1. The molecule has 5 nitrogen and oxygen atoms in total. The number of hydrogen-bond acceptors (Lipinski definition) is 3. The number of ether oxygens (including phenoxy) is 1. The highest BCUT2D eigenvalue weighted by Gasteiger charge is 2.24. The van der Waals surface area contributed by atoms with Gasteiger partial charge in [-0.05, 0) is 56.4 Å². The fourth-order valence-corrected chi connectivity index (χ4v) is 2.69. The second-order valence-electron chi connectivity index (χ2n) is 5.95. The van der Waals surface area contributed by atoms with Crippen molar-refractivity contribution in [2.45, 2.75) is 32.3 Å². The Hall–Kier alpha value is -1.82. The molecule has 1 saturated heterocycles. The number of aliphatic hydroxyl groups is 1. The molecule has 0 radical (unpaired) electrons. The van der Waals surface area contributed by atoms with E-state index in [1.165, 1.54) is 12.1 Å². The van der Waals surface area contributed by atoms with Gasteiger partial charge < -0.3 is 20.1 Å². The number of likely N-dealkylation sites (tertiary alicyclic amines) is 1. The van der Waals surface area contributed by atoms with Crippen LogP contribution < -0.4 is 10.1 Å². The number of carbonyl (C=O) groups is 1. The molecule has 0 bridgehead atoms. The van der Waals surface area contributed by atoms with Crippen LogP contribution in [0.2, 0.25) is 0 Å². The zero-order chi connectivity index (χ0) is 16.7. The van der Waals surface area contributed by atoms with Crippen LogP contribution in [0.1, 0.15) is 26.2 Å². The molecule has 0 spiro atoms. The van der Waals surface area contributed by atoms with E-state index in [-0.39, 0.29) is 18.0 Å². The van der Waals surface area contributed by atoms with Gasteiger partial charge in [0.05, 0.1) is 12.7 Å². The van der Waals surface area contributed by atoms with Crippen LogP contribution in [0.15, 0.2) is 24.3 Å². The summed E-state index contributed by atoms with van der Waals surface area (Å²) in [4.78, 5) is 13.8. The van der Waals surface area contributed by atoms with E-state index in [2.05, 4.69) is 5.32 Å². The number of hydrogen-bond donors (Lipinski definition) is 2. The molecule has 2 N–H and O–H groups in total. The molecule has 1 aromatic carbocycles. The van der Waals surface area contributed by atoms with Crippen molar-refractivity contribution in [3.8, 4) is 5.75 Å². The van der Waals surface area contributed by atoms with Crippen molar-refractivity contribution in [3.05, 3.63) is 30.1 Å². The number of rotatable bonds is 6. The second-order valence-corrected chi connectivity index (χ2v) is 5.95. The Kier molecular flexibility index (Phi) is 6.65. The Bertz CT molecular complexity index is 485. The van der Waals surface area contributed by atoms with Gasteiger partial charge in [-0.15, -0.1) is 0 Å². The van der Waals surface area contributed by atoms with Crippen molar-refractivity contribution in [3.63, 3.8) is 0 Å². The van der Waals surface area contributed by atoms with Crippen LogP contribution in [-0.2, 0) is 0 Å². The molecule has 1 fully saturated rings. The average Bonchev–Trinajstić information content (AvgIpc) is 2.56. The van der Waals surface area contributed by atoms with Gasteiger partial charge in [0, 0.05) is 19.6 Å². The van der Waals surface area contributed by atoms with Crippen LogP contribution in [0, 0.1) is 11.7 Å². The van der Waals surface area contributed by atoms with E-state index in [0.717, 1.165) is 12.8 Å². The minimum Gasteiger partial charge on any atom is -0.494 e. The van der Waals surface area contributed by atoms with Crippen molar-refractivity contribution in [2.24, 2.45) is 5.92 Å². The molecule has 2 amide bonds. The summed E-state index contributed by atoms with van der Waals surface area (Å²) in [5.41, 5.74) is 0. The van der Waals surface area contributed by atoms with Gasteiger partial charge in [0.15, 0.2) is 0 Å². The van der Waals surface area contributed by atoms with E-state index >= 15 is 0 Å². The largest absolute Gasteiger partial charge is 0.494 e. The van der Waals surface area contributed by atoms with Crippen LogP contribution >= 0.6 is 0 Å². The molecule has 1 heterocycles. The minimum atomic E-state index is -0.302. The lowest BCUT2D eigenvalue weighted by molar-refractivity contribution is 0.0798. The summed E-state index contributed by atoms with van der Waals surface area (Å²) in [6.07, 6.45) is 2.08. The number of piperidine rings is 1. The fraction of sp³-hybridized carbons (Fsp3) is 0.588. The molecular weight excluding hydrogens is 299 g/mol. The number of benzene rings is 1. The summed E-state index contributed by atoms with van der Waals surface area (Å²) in [7, 11) is 0. The molecule has 1 aliphatic heterocycles.